The van der Waals surface area contributed by atoms with E-state index in [-0.39, 0.29) is 17.0 Å². The van der Waals surface area contributed by atoms with Crippen LogP contribution in [-0.2, 0) is 5.41 Å². The van der Waals surface area contributed by atoms with Crippen molar-refractivity contribution in [2.75, 3.05) is 5.75 Å². The van der Waals surface area contributed by atoms with Gasteiger partial charge in [-0.3, -0.25) is 9.36 Å². The third-order valence-electron chi connectivity index (χ3n) is 5.69. The fraction of sp³-hybridized carbons (Fsp3) is 0.179. The minimum Gasteiger partial charge on any atom is -0.453 e. The van der Waals surface area contributed by atoms with Crippen LogP contribution in [0.15, 0.2) is 94.5 Å². The number of hydrogen-bond acceptors (Lipinski definition) is 5. The van der Waals surface area contributed by atoms with E-state index in [1.165, 1.54) is 17.3 Å². The van der Waals surface area contributed by atoms with E-state index in [1.807, 2.05) is 59.2 Å². The Hall–Kier alpha value is -3.64. The van der Waals surface area contributed by atoms with Crippen molar-refractivity contribution in [3.63, 3.8) is 0 Å². The standard InChI is InChI=1S/C28H25N3O2S/c1-28(2,3)21-15-13-19(14-16-21)26-29-30-27(31(26)22-10-5-4-6-11-22)34-18-23(32)25-17-20-9-7-8-12-24(20)33-25/h4-17H,18H2,1-3H3. The van der Waals surface area contributed by atoms with Crippen molar-refractivity contribution in [1.82, 2.24) is 14.8 Å². The summed E-state index contributed by atoms with van der Waals surface area (Å²) in [6, 6.07) is 27.8. The van der Waals surface area contributed by atoms with Crippen LogP contribution in [0.4, 0.5) is 0 Å². The maximum absolute atomic E-state index is 12.9. The van der Waals surface area contributed by atoms with E-state index in [0.717, 1.165) is 22.5 Å². The van der Waals surface area contributed by atoms with E-state index in [4.69, 9.17) is 4.42 Å². The van der Waals surface area contributed by atoms with Gasteiger partial charge in [-0.05, 0) is 35.2 Å². The predicted molar refractivity (Wildman–Crippen MR) is 137 cm³/mol. The zero-order valence-corrected chi connectivity index (χ0v) is 20.2. The number of Topliss-reactive ketones (excluding diaryl/α,β-unsaturated/α-hetero) is 1. The second kappa shape index (κ2) is 8.95. The highest BCUT2D eigenvalue weighted by Gasteiger charge is 2.20. The van der Waals surface area contributed by atoms with Crippen molar-refractivity contribution in [3.05, 3.63) is 96.3 Å². The SMILES string of the molecule is CC(C)(C)c1ccc(-c2nnc(SCC(=O)c3cc4ccccc4o3)n2-c2ccccc2)cc1. The number of fused-ring (bicyclic) bond motifs is 1. The van der Waals surface area contributed by atoms with Crippen molar-refractivity contribution in [2.45, 2.75) is 31.3 Å². The Labute approximate surface area is 202 Å². The van der Waals surface area contributed by atoms with Crippen molar-refractivity contribution in [2.24, 2.45) is 0 Å². The summed E-state index contributed by atoms with van der Waals surface area (Å²) in [7, 11) is 0. The second-order valence-electron chi connectivity index (χ2n) is 9.16. The molecule has 0 spiro atoms. The van der Waals surface area contributed by atoms with Crippen LogP contribution in [0, 0.1) is 0 Å². The lowest BCUT2D eigenvalue weighted by molar-refractivity contribution is 0.0994. The van der Waals surface area contributed by atoms with Gasteiger partial charge in [-0.15, -0.1) is 10.2 Å². The molecule has 0 radical (unpaired) electrons. The number of carbonyl (C=O) groups is 1. The molecule has 0 N–H and O–H groups in total. The Morgan fingerprint density at radius 3 is 2.32 bits per heavy atom. The van der Waals surface area contributed by atoms with Gasteiger partial charge in [0.05, 0.1) is 5.75 Å². The molecule has 5 rings (SSSR count). The molecule has 0 aliphatic heterocycles. The van der Waals surface area contributed by atoms with E-state index in [2.05, 4.69) is 55.2 Å². The maximum atomic E-state index is 12.9. The van der Waals surface area contributed by atoms with Gasteiger partial charge in [-0.2, -0.15) is 0 Å². The molecular weight excluding hydrogens is 442 g/mol. The third-order valence-corrected chi connectivity index (χ3v) is 6.62. The Bertz CT molecular complexity index is 1410. The molecule has 34 heavy (non-hydrogen) atoms. The van der Waals surface area contributed by atoms with Crippen LogP contribution in [0.2, 0.25) is 0 Å². The number of aromatic nitrogens is 3. The molecule has 0 atom stereocenters. The lowest BCUT2D eigenvalue weighted by Gasteiger charge is -2.19. The summed E-state index contributed by atoms with van der Waals surface area (Å²) < 4.78 is 7.74. The van der Waals surface area contributed by atoms with E-state index in [1.54, 1.807) is 6.07 Å². The van der Waals surface area contributed by atoms with Gasteiger partial charge in [-0.1, -0.05) is 93.2 Å². The summed E-state index contributed by atoms with van der Waals surface area (Å²) in [4.78, 5) is 12.9. The number of ketones is 1. The van der Waals surface area contributed by atoms with Gasteiger partial charge in [0.15, 0.2) is 16.7 Å². The summed E-state index contributed by atoms with van der Waals surface area (Å²) in [5.41, 5.74) is 3.96. The minimum absolute atomic E-state index is 0.0731. The molecular formula is C28H25N3O2S. The molecule has 3 aromatic carbocycles. The zero-order chi connectivity index (χ0) is 23.7. The number of furan rings is 1. The van der Waals surface area contributed by atoms with E-state index in [9.17, 15) is 4.79 Å². The van der Waals surface area contributed by atoms with Crippen LogP contribution < -0.4 is 0 Å². The fourth-order valence-corrected chi connectivity index (χ4v) is 4.62. The lowest BCUT2D eigenvalue weighted by atomic mass is 9.87. The van der Waals surface area contributed by atoms with E-state index in [0.29, 0.717) is 16.5 Å². The Morgan fingerprint density at radius 2 is 1.62 bits per heavy atom. The lowest BCUT2D eigenvalue weighted by Crippen LogP contribution is -2.10. The Kier molecular flexibility index (Phi) is 5.84. The average molecular weight is 468 g/mol. The van der Waals surface area contributed by atoms with Crippen LogP contribution in [-0.4, -0.2) is 26.3 Å². The molecule has 5 nitrogen and oxygen atoms in total. The molecule has 2 aromatic heterocycles. The van der Waals surface area contributed by atoms with E-state index < -0.39 is 0 Å². The first kappa shape index (κ1) is 22.2. The van der Waals surface area contributed by atoms with Crippen LogP contribution in [0.1, 0.15) is 36.9 Å². The van der Waals surface area contributed by atoms with Crippen LogP contribution in [0.3, 0.4) is 0 Å². The molecule has 170 valence electrons. The van der Waals surface area contributed by atoms with Gasteiger partial charge < -0.3 is 4.42 Å². The van der Waals surface area contributed by atoms with Gasteiger partial charge in [0.2, 0.25) is 5.78 Å². The summed E-state index contributed by atoms with van der Waals surface area (Å²) in [5.74, 6) is 1.22. The Balaban J connectivity index is 1.45. The number of nitrogens with zero attached hydrogens (tertiary/aromatic N) is 3. The number of thioether (sulfide) groups is 1. The van der Waals surface area contributed by atoms with Gasteiger partial charge in [-0.25, -0.2) is 0 Å². The highest BCUT2D eigenvalue weighted by atomic mass is 32.2. The third kappa shape index (κ3) is 4.41. The first-order chi connectivity index (χ1) is 16.4. The molecule has 0 aliphatic rings. The Morgan fingerprint density at radius 1 is 0.912 bits per heavy atom. The van der Waals surface area contributed by atoms with Crippen LogP contribution in [0.25, 0.3) is 28.0 Å². The molecule has 0 aliphatic carbocycles. The fourth-order valence-electron chi connectivity index (χ4n) is 3.80. The summed E-state index contributed by atoms with van der Waals surface area (Å²) in [6.07, 6.45) is 0. The maximum Gasteiger partial charge on any atom is 0.208 e. The number of rotatable bonds is 6. The number of para-hydroxylation sites is 2. The largest absolute Gasteiger partial charge is 0.453 e. The normalized spacial score (nSPS) is 11.7. The molecule has 6 heteroatoms. The second-order valence-corrected chi connectivity index (χ2v) is 10.1. The predicted octanol–water partition coefficient (Wildman–Crippen LogP) is 6.95. The molecule has 0 saturated carbocycles. The first-order valence-electron chi connectivity index (χ1n) is 11.2. The molecule has 0 bridgehead atoms. The van der Waals surface area contributed by atoms with Crippen molar-refractivity contribution >= 4 is 28.5 Å². The monoisotopic (exact) mass is 467 g/mol. The van der Waals surface area contributed by atoms with Crippen molar-refractivity contribution < 1.29 is 9.21 Å². The van der Waals surface area contributed by atoms with Crippen molar-refractivity contribution in [3.8, 4) is 17.1 Å². The van der Waals surface area contributed by atoms with Gasteiger partial charge in [0.25, 0.3) is 0 Å². The number of benzene rings is 3. The minimum atomic E-state index is -0.0834. The molecule has 0 fully saturated rings. The first-order valence-corrected chi connectivity index (χ1v) is 12.1. The molecule has 0 unspecified atom stereocenters. The molecule has 0 saturated heterocycles. The molecule has 0 amide bonds. The summed E-state index contributed by atoms with van der Waals surface area (Å²) in [5, 5.41) is 10.5. The van der Waals surface area contributed by atoms with Crippen LogP contribution in [0.5, 0.6) is 0 Å². The van der Waals surface area contributed by atoms with Crippen LogP contribution >= 0.6 is 11.8 Å². The highest BCUT2D eigenvalue weighted by molar-refractivity contribution is 7.99. The number of hydrogen-bond donors (Lipinski definition) is 0. The molecule has 5 aromatic rings. The highest BCUT2D eigenvalue weighted by Crippen LogP contribution is 2.31. The summed E-state index contributed by atoms with van der Waals surface area (Å²) >= 11 is 1.36. The topological polar surface area (TPSA) is 60.9 Å². The zero-order valence-electron chi connectivity index (χ0n) is 19.4. The van der Waals surface area contributed by atoms with Gasteiger partial charge >= 0.3 is 0 Å². The molecule has 2 heterocycles. The van der Waals surface area contributed by atoms with Gasteiger partial charge in [0, 0.05) is 16.6 Å². The average Bonchev–Trinajstić information content (AvgIpc) is 3.47. The number of carbonyl (C=O) groups excluding carboxylic acids is 1. The van der Waals surface area contributed by atoms with E-state index >= 15 is 0 Å². The summed E-state index contributed by atoms with van der Waals surface area (Å²) in [6.45, 7) is 6.59. The van der Waals surface area contributed by atoms with Gasteiger partial charge in [0.1, 0.15) is 5.58 Å². The smallest absolute Gasteiger partial charge is 0.208 e. The van der Waals surface area contributed by atoms with Crippen molar-refractivity contribution in [1.29, 1.82) is 0 Å². The quantitative estimate of drug-likeness (QED) is 0.200.